The van der Waals surface area contributed by atoms with Gasteiger partial charge >= 0.3 is 5.97 Å². The summed E-state index contributed by atoms with van der Waals surface area (Å²) in [6, 6.07) is 0. The second-order valence-corrected chi connectivity index (χ2v) is 13.2. The number of rotatable bonds is 34. The lowest BCUT2D eigenvalue weighted by Crippen LogP contribution is -2.13. The number of aliphatic imine (C=N–C) groups is 1. The fourth-order valence-corrected chi connectivity index (χ4v) is 5.94. The SMILES string of the molecule is CCCCC/C=C\C/C=C\CCCCCCCCCC(CCCCCCC/C=C\C/C=C\CCCCC)CC(CC(=O)O)=NC. The van der Waals surface area contributed by atoms with Crippen LogP contribution in [0.25, 0.3) is 0 Å². The molecule has 0 heterocycles. The molecule has 0 fully saturated rings. The van der Waals surface area contributed by atoms with Crippen LogP contribution in [0, 0.1) is 5.92 Å². The Balaban J connectivity index is 4.01. The van der Waals surface area contributed by atoms with E-state index in [9.17, 15) is 9.90 Å². The summed E-state index contributed by atoms with van der Waals surface area (Å²) >= 11 is 0. The highest BCUT2D eigenvalue weighted by Crippen LogP contribution is 2.23. The Hall–Kier alpha value is -1.90. The van der Waals surface area contributed by atoms with Gasteiger partial charge in [0.05, 0.1) is 6.42 Å². The fourth-order valence-electron chi connectivity index (χ4n) is 5.94. The van der Waals surface area contributed by atoms with Crippen LogP contribution in [-0.2, 0) is 4.79 Å². The zero-order chi connectivity index (χ0) is 32.9. The van der Waals surface area contributed by atoms with E-state index < -0.39 is 5.97 Å². The van der Waals surface area contributed by atoms with Gasteiger partial charge in [-0.05, 0) is 76.5 Å². The van der Waals surface area contributed by atoms with E-state index in [1.54, 1.807) is 7.05 Å². The second-order valence-electron chi connectivity index (χ2n) is 13.2. The molecule has 3 heteroatoms. The first-order chi connectivity index (χ1) is 22.1. The number of allylic oxidation sites excluding steroid dienone is 8. The minimum absolute atomic E-state index is 0.0973. The van der Waals surface area contributed by atoms with Gasteiger partial charge in [0.1, 0.15) is 0 Å². The highest BCUT2D eigenvalue weighted by Gasteiger charge is 2.14. The van der Waals surface area contributed by atoms with Crippen molar-refractivity contribution in [2.24, 2.45) is 10.9 Å². The van der Waals surface area contributed by atoms with E-state index in [4.69, 9.17) is 0 Å². The van der Waals surface area contributed by atoms with Crippen molar-refractivity contribution in [3.63, 3.8) is 0 Å². The smallest absolute Gasteiger partial charge is 0.309 e. The number of nitrogens with zero attached hydrogens (tertiary/aromatic N) is 1. The van der Waals surface area contributed by atoms with Crippen LogP contribution in [0.4, 0.5) is 0 Å². The molecule has 260 valence electrons. The van der Waals surface area contributed by atoms with Crippen molar-refractivity contribution in [3.05, 3.63) is 48.6 Å². The van der Waals surface area contributed by atoms with Crippen LogP contribution in [0.5, 0.6) is 0 Å². The molecule has 3 nitrogen and oxygen atoms in total. The van der Waals surface area contributed by atoms with Gasteiger partial charge in [-0.2, -0.15) is 0 Å². The first-order valence-corrected chi connectivity index (χ1v) is 19.4. The molecule has 1 N–H and O–H groups in total. The number of carboxylic acids is 1. The Bertz CT molecular complexity index is 776. The topological polar surface area (TPSA) is 49.7 Å². The fraction of sp³-hybridized carbons (Fsp3) is 0.762. The van der Waals surface area contributed by atoms with Gasteiger partial charge in [0.15, 0.2) is 0 Å². The lowest BCUT2D eigenvalue weighted by atomic mass is 9.89. The molecule has 0 spiro atoms. The number of carbonyl (C=O) groups is 1. The quantitative estimate of drug-likeness (QED) is 0.0439. The Morgan fingerprint density at radius 3 is 1.24 bits per heavy atom. The minimum Gasteiger partial charge on any atom is -0.481 e. The molecule has 1 unspecified atom stereocenters. The molecule has 0 amide bonds. The summed E-state index contributed by atoms with van der Waals surface area (Å²) in [6.07, 6.45) is 52.8. The summed E-state index contributed by atoms with van der Waals surface area (Å²) in [5.41, 5.74) is 0.868. The summed E-state index contributed by atoms with van der Waals surface area (Å²) in [6.45, 7) is 4.52. The zero-order valence-corrected chi connectivity index (χ0v) is 30.3. The van der Waals surface area contributed by atoms with E-state index in [0.29, 0.717) is 5.92 Å². The number of unbranched alkanes of at least 4 members (excludes halogenated alkanes) is 18. The lowest BCUT2D eigenvalue weighted by molar-refractivity contribution is -0.135. The first kappa shape index (κ1) is 43.1. The third-order valence-electron chi connectivity index (χ3n) is 8.82. The molecule has 0 saturated carbocycles. The standard InChI is InChI=1S/C42H75NO2/c1-4-6-8-10-12-14-16-18-20-21-23-25-27-29-31-33-35-37-40(38-41(43-3)39-42(44)45)36-34-32-30-28-26-24-22-19-17-15-13-11-9-7-5-2/h12-15,18-20,22,40H,4-11,16-17,21,23-39H2,1-3H3,(H,44,45)/b14-12-,15-13-,20-18-,22-19-,43-41?. The molecule has 0 bridgehead atoms. The minimum atomic E-state index is -0.753. The third-order valence-corrected chi connectivity index (χ3v) is 8.82. The number of carboxylic acid groups (broad SMARTS) is 1. The van der Waals surface area contributed by atoms with Crippen LogP contribution >= 0.6 is 0 Å². The molecular weight excluding hydrogens is 550 g/mol. The summed E-state index contributed by atoms with van der Waals surface area (Å²) < 4.78 is 0. The largest absolute Gasteiger partial charge is 0.481 e. The maximum Gasteiger partial charge on any atom is 0.309 e. The Kier molecular flexibility index (Phi) is 35.0. The maximum absolute atomic E-state index is 11.3. The highest BCUT2D eigenvalue weighted by atomic mass is 16.4. The molecule has 0 radical (unpaired) electrons. The predicted octanol–water partition coefficient (Wildman–Crippen LogP) is 13.9. The van der Waals surface area contributed by atoms with Crippen molar-refractivity contribution in [1.29, 1.82) is 0 Å². The normalized spacial score (nSPS) is 13.4. The van der Waals surface area contributed by atoms with Crippen molar-refractivity contribution >= 4 is 11.7 Å². The van der Waals surface area contributed by atoms with Gasteiger partial charge in [0, 0.05) is 12.8 Å². The number of aliphatic carboxylic acids is 1. The van der Waals surface area contributed by atoms with E-state index in [-0.39, 0.29) is 6.42 Å². The third kappa shape index (κ3) is 34.8. The zero-order valence-electron chi connectivity index (χ0n) is 30.3. The molecule has 1 atom stereocenters. The average Bonchev–Trinajstić information content (AvgIpc) is 3.03. The van der Waals surface area contributed by atoms with E-state index in [1.807, 2.05) is 0 Å². The maximum atomic E-state index is 11.3. The van der Waals surface area contributed by atoms with Gasteiger partial charge < -0.3 is 5.11 Å². The summed E-state index contributed by atoms with van der Waals surface area (Å²) in [4.78, 5) is 15.6. The van der Waals surface area contributed by atoms with Crippen molar-refractivity contribution in [2.75, 3.05) is 7.05 Å². The van der Waals surface area contributed by atoms with Crippen LogP contribution in [0.15, 0.2) is 53.6 Å². The van der Waals surface area contributed by atoms with Gasteiger partial charge in [0.25, 0.3) is 0 Å². The van der Waals surface area contributed by atoms with Gasteiger partial charge in [0.2, 0.25) is 0 Å². The highest BCUT2D eigenvalue weighted by molar-refractivity contribution is 5.98. The van der Waals surface area contributed by atoms with Gasteiger partial charge in [-0.15, -0.1) is 0 Å². The molecule has 0 aliphatic rings. The van der Waals surface area contributed by atoms with E-state index >= 15 is 0 Å². The molecule has 0 aromatic heterocycles. The molecular formula is C42H75NO2. The number of hydrogen-bond acceptors (Lipinski definition) is 2. The van der Waals surface area contributed by atoms with Crippen LogP contribution in [0.1, 0.15) is 194 Å². The summed E-state index contributed by atoms with van der Waals surface area (Å²) in [5, 5.41) is 9.28. The van der Waals surface area contributed by atoms with E-state index in [2.05, 4.69) is 67.4 Å². The van der Waals surface area contributed by atoms with Crippen molar-refractivity contribution in [3.8, 4) is 0 Å². The molecule has 0 aliphatic heterocycles. The molecule has 0 aromatic rings. The molecule has 0 saturated heterocycles. The monoisotopic (exact) mass is 626 g/mol. The van der Waals surface area contributed by atoms with E-state index in [0.717, 1.165) is 25.0 Å². The Morgan fingerprint density at radius 1 is 0.533 bits per heavy atom. The lowest BCUT2D eigenvalue weighted by Gasteiger charge is -2.18. The van der Waals surface area contributed by atoms with Gasteiger partial charge in [-0.25, -0.2) is 0 Å². The van der Waals surface area contributed by atoms with Gasteiger partial charge in [-0.1, -0.05) is 165 Å². The van der Waals surface area contributed by atoms with Gasteiger partial charge in [-0.3, -0.25) is 9.79 Å². The second kappa shape index (κ2) is 36.6. The molecule has 0 aliphatic carbocycles. The van der Waals surface area contributed by atoms with Crippen LogP contribution in [0.3, 0.4) is 0 Å². The molecule has 0 aromatic carbocycles. The average molecular weight is 626 g/mol. The predicted molar refractivity (Wildman–Crippen MR) is 202 cm³/mol. The van der Waals surface area contributed by atoms with Crippen LogP contribution in [0.2, 0.25) is 0 Å². The van der Waals surface area contributed by atoms with Crippen molar-refractivity contribution in [2.45, 2.75) is 194 Å². The Labute approximate surface area is 281 Å². The molecule has 45 heavy (non-hydrogen) atoms. The summed E-state index contributed by atoms with van der Waals surface area (Å²) in [7, 11) is 1.76. The first-order valence-electron chi connectivity index (χ1n) is 19.4. The van der Waals surface area contributed by atoms with Crippen molar-refractivity contribution in [1.82, 2.24) is 0 Å². The molecule has 0 rings (SSSR count). The Morgan fingerprint density at radius 2 is 0.889 bits per heavy atom. The van der Waals surface area contributed by atoms with Crippen molar-refractivity contribution < 1.29 is 9.90 Å². The number of hydrogen-bond donors (Lipinski definition) is 1. The van der Waals surface area contributed by atoms with Crippen LogP contribution in [-0.4, -0.2) is 23.8 Å². The van der Waals surface area contributed by atoms with Crippen LogP contribution < -0.4 is 0 Å². The summed E-state index contributed by atoms with van der Waals surface area (Å²) in [5.74, 6) is -0.171. The van der Waals surface area contributed by atoms with E-state index in [1.165, 1.54) is 154 Å².